The summed E-state index contributed by atoms with van der Waals surface area (Å²) in [6.45, 7) is 13.7. The monoisotopic (exact) mass is 537 g/mol. The predicted octanol–water partition coefficient (Wildman–Crippen LogP) is 4.91. The molecule has 204 valence electrons. The number of hydrogen-bond acceptors (Lipinski definition) is 7. The first-order valence-electron chi connectivity index (χ1n) is 13.5. The zero-order valence-electron chi connectivity index (χ0n) is 23.2. The van der Waals surface area contributed by atoms with E-state index in [4.69, 9.17) is 10.7 Å². The topological polar surface area (TPSA) is 118 Å². The first-order chi connectivity index (χ1) is 17.7. The van der Waals surface area contributed by atoms with Gasteiger partial charge in [-0.2, -0.15) is 8.42 Å². The highest BCUT2D eigenvalue weighted by atomic mass is 32.2. The molecule has 3 atom stereocenters. The first kappa shape index (κ1) is 26.7. The molecular formula is C29H39N5O3S. The smallest absolute Gasteiger partial charge is 0.281 e. The molecule has 0 spiro atoms. The summed E-state index contributed by atoms with van der Waals surface area (Å²) in [5.74, 6) is 1.31. The number of anilines is 2. The molecule has 1 amide bonds. The van der Waals surface area contributed by atoms with E-state index in [9.17, 15) is 13.2 Å². The maximum Gasteiger partial charge on any atom is 0.281 e. The lowest BCUT2D eigenvalue weighted by molar-refractivity contribution is 0.0981. The van der Waals surface area contributed by atoms with E-state index in [0.29, 0.717) is 23.6 Å². The van der Waals surface area contributed by atoms with Gasteiger partial charge in [0.1, 0.15) is 11.6 Å². The van der Waals surface area contributed by atoms with Crippen LogP contribution in [0.4, 0.5) is 11.6 Å². The molecule has 9 heteroatoms. The van der Waals surface area contributed by atoms with Gasteiger partial charge in [0.25, 0.3) is 15.9 Å². The van der Waals surface area contributed by atoms with E-state index in [1.807, 2.05) is 6.07 Å². The third-order valence-corrected chi connectivity index (χ3v) is 9.40. The molecule has 1 aliphatic heterocycles. The van der Waals surface area contributed by atoms with Gasteiger partial charge in [0.15, 0.2) is 5.03 Å². The van der Waals surface area contributed by atoms with Gasteiger partial charge in [-0.15, -0.1) is 0 Å². The van der Waals surface area contributed by atoms with Crippen LogP contribution in [-0.2, 0) is 15.4 Å². The van der Waals surface area contributed by atoms with Crippen LogP contribution in [0, 0.1) is 17.8 Å². The molecule has 2 aliphatic carbocycles. The number of amides is 1. The number of nitrogens with one attached hydrogen (secondary N) is 1. The van der Waals surface area contributed by atoms with Crippen molar-refractivity contribution in [3.63, 3.8) is 0 Å². The Labute approximate surface area is 226 Å². The zero-order valence-corrected chi connectivity index (χ0v) is 24.0. The Balaban J connectivity index is 1.67. The van der Waals surface area contributed by atoms with Crippen LogP contribution in [0.5, 0.6) is 0 Å². The van der Waals surface area contributed by atoms with E-state index in [1.165, 1.54) is 30.2 Å². The summed E-state index contributed by atoms with van der Waals surface area (Å²) in [6.07, 6.45) is 6.76. The Kier molecular flexibility index (Phi) is 6.36. The molecule has 3 unspecified atom stereocenters. The van der Waals surface area contributed by atoms with Crippen molar-refractivity contribution in [3.8, 4) is 0 Å². The molecule has 1 saturated heterocycles. The minimum atomic E-state index is -4.24. The lowest BCUT2D eigenvalue weighted by atomic mass is 9.82. The Morgan fingerprint density at radius 3 is 2.47 bits per heavy atom. The molecular weight excluding hydrogens is 498 g/mol. The van der Waals surface area contributed by atoms with Gasteiger partial charge in [-0.3, -0.25) is 4.79 Å². The summed E-state index contributed by atoms with van der Waals surface area (Å²) in [7, 11) is -4.24. The molecule has 5 rings (SSSR count). The van der Waals surface area contributed by atoms with Gasteiger partial charge < -0.3 is 10.6 Å². The van der Waals surface area contributed by atoms with Crippen molar-refractivity contribution in [2.75, 3.05) is 17.2 Å². The van der Waals surface area contributed by atoms with Gasteiger partial charge in [0.05, 0.1) is 11.3 Å². The number of sulfonamides is 1. The van der Waals surface area contributed by atoms with Crippen LogP contribution in [0.3, 0.4) is 0 Å². The fraction of sp³-hybridized carbons (Fsp3) is 0.552. The number of fused-ring (bicyclic) bond motifs is 2. The number of nitrogens with two attached hydrogens (primary N) is 1. The van der Waals surface area contributed by atoms with Gasteiger partial charge in [-0.1, -0.05) is 39.8 Å². The molecule has 1 saturated carbocycles. The van der Waals surface area contributed by atoms with Gasteiger partial charge in [-0.25, -0.2) is 14.7 Å². The van der Waals surface area contributed by atoms with Crippen LogP contribution in [-0.4, -0.2) is 36.4 Å². The van der Waals surface area contributed by atoms with Crippen LogP contribution in [0.1, 0.15) is 88.8 Å². The zero-order chi connectivity index (χ0) is 27.6. The minimum Gasteiger partial charge on any atom is -0.384 e. The summed E-state index contributed by atoms with van der Waals surface area (Å²) in [6, 6.07) is 6.22. The fourth-order valence-corrected chi connectivity index (χ4v) is 7.53. The number of hydrogen-bond donors (Lipinski definition) is 2. The third kappa shape index (κ3) is 4.81. The van der Waals surface area contributed by atoms with Crippen molar-refractivity contribution in [1.82, 2.24) is 14.7 Å². The number of nitrogen functional groups attached to an aromatic ring is 1. The van der Waals surface area contributed by atoms with Crippen molar-refractivity contribution < 1.29 is 13.2 Å². The molecule has 38 heavy (non-hydrogen) atoms. The van der Waals surface area contributed by atoms with Crippen molar-refractivity contribution in [3.05, 3.63) is 47.2 Å². The van der Waals surface area contributed by atoms with E-state index in [1.54, 1.807) is 0 Å². The minimum absolute atomic E-state index is 0.0653. The van der Waals surface area contributed by atoms with E-state index in [0.717, 1.165) is 37.1 Å². The summed E-state index contributed by atoms with van der Waals surface area (Å²) >= 11 is 0. The molecule has 0 radical (unpaired) electrons. The third-order valence-electron chi connectivity index (χ3n) is 8.17. The van der Waals surface area contributed by atoms with Gasteiger partial charge >= 0.3 is 0 Å². The molecule has 2 aromatic heterocycles. The Morgan fingerprint density at radius 2 is 1.92 bits per heavy atom. The second kappa shape index (κ2) is 9.07. The van der Waals surface area contributed by atoms with Crippen LogP contribution in [0.25, 0.3) is 5.57 Å². The molecule has 8 nitrogen and oxygen atoms in total. The second-order valence-electron chi connectivity index (χ2n) is 13.0. The van der Waals surface area contributed by atoms with Crippen LogP contribution in [0.15, 0.2) is 35.4 Å². The van der Waals surface area contributed by atoms with Crippen LogP contribution < -0.4 is 15.4 Å². The van der Waals surface area contributed by atoms with Crippen LogP contribution >= 0.6 is 0 Å². The number of allylic oxidation sites excluding steroid dienone is 2. The summed E-state index contributed by atoms with van der Waals surface area (Å²) in [4.78, 5) is 25.1. The molecule has 2 fully saturated rings. The van der Waals surface area contributed by atoms with E-state index in [2.05, 4.69) is 62.2 Å². The Bertz CT molecular complexity index is 1420. The lowest BCUT2D eigenvalue weighted by Crippen LogP contribution is -2.41. The quantitative estimate of drug-likeness (QED) is 0.556. The average molecular weight is 538 g/mol. The standard InChI is InChI=1S/C29H39N5O3S/c1-17-15-29(5,6)34(16-17)26-22(27(35)33-38(36,37)24-9-7-8-23(30)31-24)14-21(25(32-26)28(2,3)4)20-13-18-10-11-19(20)12-18/h7-9,13-14,17-19H,10-12,15-16H2,1-6H3,(H2,30,31)(H,33,35). The number of nitrogens with zero attached hydrogens (tertiary/aromatic N) is 3. The van der Waals surface area contributed by atoms with Gasteiger partial charge in [0.2, 0.25) is 0 Å². The SMILES string of the molecule is CC1CN(c2nc(C(C)(C)C)c(C3=CC4CCC3C4)cc2C(=O)NS(=O)(=O)c2cccc(N)n2)C(C)(C)C1. The highest BCUT2D eigenvalue weighted by molar-refractivity contribution is 7.90. The normalized spacial score (nSPS) is 24.5. The van der Waals surface area contributed by atoms with E-state index >= 15 is 0 Å². The Morgan fingerprint density at radius 1 is 1.18 bits per heavy atom. The fourth-order valence-electron chi connectivity index (χ4n) is 6.59. The number of carbonyl (C=O) groups is 1. The van der Waals surface area contributed by atoms with Crippen molar-refractivity contribution >= 4 is 33.1 Å². The number of carbonyl (C=O) groups excluding carboxylic acids is 1. The molecule has 3 N–H and O–H groups in total. The van der Waals surface area contributed by atoms with E-state index < -0.39 is 15.9 Å². The van der Waals surface area contributed by atoms with Crippen molar-refractivity contribution in [2.45, 2.75) is 83.2 Å². The summed E-state index contributed by atoms with van der Waals surface area (Å²) in [5.41, 5.74) is 8.62. The first-order valence-corrected chi connectivity index (χ1v) is 15.0. The number of rotatable bonds is 5. The molecule has 2 bridgehead atoms. The second-order valence-corrected chi connectivity index (χ2v) is 14.6. The molecule has 3 heterocycles. The molecule has 3 aliphatic rings. The lowest BCUT2D eigenvalue weighted by Gasteiger charge is -2.36. The largest absolute Gasteiger partial charge is 0.384 e. The summed E-state index contributed by atoms with van der Waals surface area (Å²) in [5, 5.41) is -0.294. The number of aromatic nitrogens is 2. The van der Waals surface area contributed by atoms with Crippen LogP contribution in [0.2, 0.25) is 0 Å². The van der Waals surface area contributed by atoms with Crippen molar-refractivity contribution in [1.29, 1.82) is 0 Å². The maximum absolute atomic E-state index is 13.8. The average Bonchev–Trinajstić information content (AvgIpc) is 3.51. The van der Waals surface area contributed by atoms with E-state index in [-0.39, 0.29) is 27.4 Å². The molecule has 0 aromatic carbocycles. The van der Waals surface area contributed by atoms with Crippen molar-refractivity contribution in [2.24, 2.45) is 17.8 Å². The maximum atomic E-state index is 13.8. The highest BCUT2D eigenvalue weighted by Crippen LogP contribution is 2.50. The van der Waals surface area contributed by atoms with Gasteiger partial charge in [0, 0.05) is 23.1 Å². The number of pyridine rings is 2. The Hall–Kier alpha value is -2.94. The highest BCUT2D eigenvalue weighted by Gasteiger charge is 2.42. The molecule has 2 aromatic rings. The predicted molar refractivity (Wildman–Crippen MR) is 150 cm³/mol. The summed E-state index contributed by atoms with van der Waals surface area (Å²) < 4.78 is 28.6. The van der Waals surface area contributed by atoms with Gasteiger partial charge in [-0.05, 0) is 81.1 Å².